The normalized spacial score (nSPS) is 51.4. The van der Waals surface area contributed by atoms with Gasteiger partial charge in [0.05, 0.1) is 30.6 Å². The maximum absolute atomic E-state index is 12.7. The molecule has 98 valence electrons. The Hall–Kier alpha value is -0.900. The summed E-state index contributed by atoms with van der Waals surface area (Å²) in [5.41, 5.74) is -0.342. The number of likely N-dealkylation sites (tertiary alicyclic amines) is 1. The number of hydrogen-bond donors (Lipinski definition) is 0. The van der Waals surface area contributed by atoms with Crippen molar-refractivity contribution in [3.63, 3.8) is 0 Å². The van der Waals surface area contributed by atoms with E-state index >= 15 is 0 Å². The summed E-state index contributed by atoms with van der Waals surface area (Å²) in [5.74, 6) is 0.161. The minimum Gasteiger partial charge on any atom is -0.371 e. The van der Waals surface area contributed by atoms with Crippen LogP contribution in [0, 0.1) is 22.2 Å². The van der Waals surface area contributed by atoms with Gasteiger partial charge in [-0.15, -0.1) is 0 Å². The minimum atomic E-state index is -0.302. The van der Waals surface area contributed by atoms with Crippen molar-refractivity contribution in [2.24, 2.45) is 22.2 Å². The molecule has 0 aromatic carbocycles. The Morgan fingerprint density at radius 1 is 1.28 bits per heavy atom. The number of carbonyl (C=O) groups excluding carboxylic acids is 2. The monoisotopic (exact) mass is 249 g/mol. The lowest BCUT2D eigenvalue weighted by Gasteiger charge is -2.53. The largest absolute Gasteiger partial charge is 0.371 e. The molecule has 0 radical (unpaired) electrons. The molecule has 4 fully saturated rings. The Labute approximate surface area is 107 Å². The van der Waals surface area contributed by atoms with Crippen LogP contribution in [0.3, 0.4) is 0 Å². The molecule has 18 heavy (non-hydrogen) atoms. The smallest absolute Gasteiger partial charge is 0.235 e. The third kappa shape index (κ3) is 0.859. The average molecular weight is 249 g/mol. The van der Waals surface area contributed by atoms with E-state index < -0.39 is 0 Å². The van der Waals surface area contributed by atoms with Gasteiger partial charge in [0.2, 0.25) is 11.8 Å². The number of hydrogen-bond acceptors (Lipinski definition) is 3. The Kier molecular flexibility index (Phi) is 1.63. The molecule has 4 aliphatic rings. The summed E-state index contributed by atoms with van der Waals surface area (Å²) in [4.78, 5) is 26.7. The second-order valence-corrected chi connectivity index (χ2v) is 7.17. The highest BCUT2D eigenvalue weighted by Crippen LogP contribution is 2.86. The van der Waals surface area contributed by atoms with Crippen LogP contribution in [0.2, 0.25) is 0 Å². The second-order valence-electron chi connectivity index (χ2n) is 7.17. The van der Waals surface area contributed by atoms with E-state index in [4.69, 9.17) is 4.74 Å². The van der Waals surface area contributed by atoms with Gasteiger partial charge in [-0.3, -0.25) is 14.5 Å². The summed E-state index contributed by atoms with van der Waals surface area (Å²) < 4.78 is 5.17. The van der Waals surface area contributed by atoms with Gasteiger partial charge in [-0.1, -0.05) is 20.8 Å². The minimum absolute atomic E-state index is 0.00803. The lowest BCUT2D eigenvalue weighted by Crippen LogP contribution is -2.61. The van der Waals surface area contributed by atoms with Crippen LogP contribution in [0.1, 0.15) is 33.6 Å². The van der Waals surface area contributed by atoms with Gasteiger partial charge in [-0.25, -0.2) is 0 Å². The highest BCUT2D eigenvalue weighted by atomic mass is 16.6. The fraction of sp³-hybridized carbons (Fsp3) is 0.857. The number of nitrogens with zero attached hydrogens (tertiary/aromatic N) is 1. The molecule has 0 aromatic heterocycles. The highest BCUT2D eigenvalue weighted by Gasteiger charge is 2.88. The molecule has 2 saturated carbocycles. The SMILES string of the molecule is CC12CCC13C(C(=O)N(CC1CO1)C2=O)C3(C)C. The number of rotatable bonds is 2. The van der Waals surface area contributed by atoms with Crippen LogP contribution in [0.5, 0.6) is 0 Å². The van der Waals surface area contributed by atoms with Crippen molar-refractivity contribution in [3.05, 3.63) is 0 Å². The first-order valence-corrected chi connectivity index (χ1v) is 6.84. The molecule has 4 nitrogen and oxygen atoms in total. The second kappa shape index (κ2) is 2.67. The number of amides is 2. The van der Waals surface area contributed by atoms with Gasteiger partial charge >= 0.3 is 0 Å². The molecule has 4 unspecified atom stereocenters. The topological polar surface area (TPSA) is 49.9 Å². The van der Waals surface area contributed by atoms with E-state index in [-0.39, 0.29) is 40.1 Å². The molecule has 2 aliphatic carbocycles. The third-order valence-electron chi connectivity index (χ3n) is 6.30. The van der Waals surface area contributed by atoms with Crippen LogP contribution in [-0.2, 0) is 14.3 Å². The van der Waals surface area contributed by atoms with Crippen LogP contribution in [0.15, 0.2) is 0 Å². The summed E-state index contributed by atoms with van der Waals surface area (Å²) in [5, 5.41) is 0. The van der Waals surface area contributed by atoms with Gasteiger partial charge in [0.1, 0.15) is 0 Å². The molecular formula is C14H19NO3. The molecule has 0 N–H and O–H groups in total. The van der Waals surface area contributed by atoms with E-state index in [1.165, 1.54) is 4.90 Å². The fourth-order valence-electron chi connectivity index (χ4n) is 5.04. The standard InChI is InChI=1S/C14H19NO3/c1-12(2)9-10(16)15(6-8-7-18-8)11(17)13(3)4-5-14(9,12)13/h8-9H,4-7H2,1-3H3. The van der Waals surface area contributed by atoms with E-state index in [1.807, 2.05) is 0 Å². The summed E-state index contributed by atoms with van der Waals surface area (Å²) >= 11 is 0. The lowest BCUT2D eigenvalue weighted by atomic mass is 9.53. The van der Waals surface area contributed by atoms with Gasteiger partial charge in [0.15, 0.2) is 0 Å². The zero-order chi connectivity index (χ0) is 12.9. The average Bonchev–Trinajstić information content (AvgIpc) is 3.16. The highest BCUT2D eigenvalue weighted by molar-refractivity contribution is 6.07. The molecule has 2 heterocycles. The molecule has 1 spiro atoms. The van der Waals surface area contributed by atoms with E-state index in [2.05, 4.69) is 20.8 Å². The van der Waals surface area contributed by atoms with Crippen LogP contribution in [0.4, 0.5) is 0 Å². The predicted octanol–water partition coefficient (Wildman–Crippen LogP) is 1.20. The van der Waals surface area contributed by atoms with Gasteiger partial charge in [-0.05, 0) is 18.3 Å². The molecule has 2 saturated heterocycles. The van der Waals surface area contributed by atoms with E-state index in [1.54, 1.807) is 0 Å². The van der Waals surface area contributed by atoms with Crippen LogP contribution in [-0.4, -0.2) is 36.0 Å². The van der Waals surface area contributed by atoms with Gasteiger partial charge in [-0.2, -0.15) is 0 Å². The first-order valence-electron chi connectivity index (χ1n) is 6.84. The van der Waals surface area contributed by atoms with E-state index in [9.17, 15) is 9.59 Å². The number of carbonyl (C=O) groups is 2. The molecule has 2 amide bonds. The molecule has 0 bridgehead atoms. The van der Waals surface area contributed by atoms with Crippen LogP contribution < -0.4 is 0 Å². The fourth-order valence-corrected chi connectivity index (χ4v) is 5.04. The predicted molar refractivity (Wildman–Crippen MR) is 63.5 cm³/mol. The maximum atomic E-state index is 12.7. The van der Waals surface area contributed by atoms with Crippen LogP contribution >= 0.6 is 0 Å². The lowest BCUT2D eigenvalue weighted by molar-refractivity contribution is -0.172. The van der Waals surface area contributed by atoms with Crippen molar-refractivity contribution in [1.29, 1.82) is 0 Å². The van der Waals surface area contributed by atoms with Crippen molar-refractivity contribution in [2.75, 3.05) is 13.2 Å². The van der Waals surface area contributed by atoms with Crippen molar-refractivity contribution in [1.82, 2.24) is 4.90 Å². The van der Waals surface area contributed by atoms with Crippen molar-refractivity contribution in [2.45, 2.75) is 39.7 Å². The number of ether oxygens (including phenoxy) is 1. The third-order valence-corrected chi connectivity index (χ3v) is 6.30. The first kappa shape index (κ1) is 11.0. The zero-order valence-electron chi connectivity index (χ0n) is 11.2. The van der Waals surface area contributed by atoms with Crippen molar-refractivity contribution < 1.29 is 14.3 Å². The van der Waals surface area contributed by atoms with E-state index in [0.717, 1.165) is 12.8 Å². The molecule has 0 aromatic rings. The van der Waals surface area contributed by atoms with Gasteiger partial charge in [0.25, 0.3) is 0 Å². The summed E-state index contributed by atoms with van der Waals surface area (Å²) in [6.07, 6.45) is 2.06. The number of piperidine rings is 1. The van der Waals surface area contributed by atoms with Crippen molar-refractivity contribution >= 4 is 11.8 Å². The van der Waals surface area contributed by atoms with Crippen LogP contribution in [0.25, 0.3) is 0 Å². The quantitative estimate of drug-likeness (QED) is 0.546. The Morgan fingerprint density at radius 3 is 2.44 bits per heavy atom. The maximum Gasteiger partial charge on any atom is 0.235 e. The molecule has 4 rings (SSSR count). The Bertz CT molecular complexity index is 481. The number of epoxide rings is 1. The Morgan fingerprint density at radius 2 is 1.94 bits per heavy atom. The summed E-state index contributed by atoms with van der Waals surface area (Å²) in [6.45, 7) is 7.52. The molecule has 2 aliphatic heterocycles. The van der Waals surface area contributed by atoms with E-state index in [0.29, 0.717) is 13.2 Å². The summed E-state index contributed by atoms with van der Waals surface area (Å²) in [7, 11) is 0. The summed E-state index contributed by atoms with van der Waals surface area (Å²) in [6, 6.07) is 0. The number of imide groups is 1. The molecule has 4 heteroatoms. The first-order chi connectivity index (χ1) is 8.36. The van der Waals surface area contributed by atoms with Gasteiger partial charge < -0.3 is 4.74 Å². The zero-order valence-corrected chi connectivity index (χ0v) is 11.2. The molecular weight excluding hydrogens is 230 g/mol. The Balaban J connectivity index is 1.74. The van der Waals surface area contributed by atoms with Crippen molar-refractivity contribution in [3.8, 4) is 0 Å². The molecule has 4 atom stereocenters. The van der Waals surface area contributed by atoms with Gasteiger partial charge in [0, 0.05) is 5.41 Å².